The molecule has 1 aliphatic heterocycles. The Morgan fingerprint density at radius 1 is 1.32 bits per heavy atom. The Hall–Kier alpha value is -1.82. The molecule has 0 radical (unpaired) electrons. The monoisotopic (exact) mass is 316 g/mol. The van der Waals surface area contributed by atoms with Gasteiger partial charge in [-0.2, -0.15) is 0 Å². The first kappa shape index (κ1) is 15.1. The number of nitrogens with zero attached hydrogens (tertiary/aromatic N) is 3. The van der Waals surface area contributed by atoms with Gasteiger partial charge in [0.2, 0.25) is 5.91 Å². The highest BCUT2D eigenvalue weighted by atomic mass is 32.2. The van der Waals surface area contributed by atoms with Gasteiger partial charge in [-0.15, -0.1) is 10.2 Å². The first-order valence-electron chi connectivity index (χ1n) is 7.56. The molecule has 2 heterocycles. The average Bonchev–Trinajstić information content (AvgIpc) is 2.73. The van der Waals surface area contributed by atoms with E-state index in [1.807, 2.05) is 23.7 Å². The second-order valence-electron chi connectivity index (χ2n) is 5.63. The third-order valence-electron chi connectivity index (χ3n) is 3.84. The fourth-order valence-electron chi connectivity index (χ4n) is 2.60. The third-order valence-corrected chi connectivity index (χ3v) is 5.14. The number of carbonyl (C=O) groups is 1. The molecule has 1 unspecified atom stereocenters. The van der Waals surface area contributed by atoms with E-state index in [2.05, 4.69) is 34.6 Å². The van der Waals surface area contributed by atoms with Crippen LogP contribution < -0.4 is 5.32 Å². The van der Waals surface area contributed by atoms with Crippen LogP contribution in [0.3, 0.4) is 0 Å². The number of amides is 1. The summed E-state index contributed by atoms with van der Waals surface area (Å²) in [5.41, 5.74) is 2.24. The molecule has 0 aliphatic carbocycles. The first-order valence-corrected chi connectivity index (χ1v) is 8.44. The van der Waals surface area contributed by atoms with E-state index in [1.54, 1.807) is 0 Å². The molecule has 0 saturated carbocycles. The van der Waals surface area contributed by atoms with E-state index in [-0.39, 0.29) is 11.2 Å². The number of nitrogens with one attached hydrogen (secondary N) is 1. The molecule has 1 aliphatic rings. The minimum Gasteiger partial charge on any atom is -0.355 e. The van der Waals surface area contributed by atoms with Gasteiger partial charge in [0.05, 0.1) is 5.25 Å². The van der Waals surface area contributed by atoms with Gasteiger partial charge in [0, 0.05) is 19.2 Å². The Morgan fingerprint density at radius 2 is 2.18 bits per heavy atom. The summed E-state index contributed by atoms with van der Waals surface area (Å²) < 4.78 is 1.97. The van der Waals surface area contributed by atoms with Gasteiger partial charge < -0.3 is 9.88 Å². The van der Waals surface area contributed by atoms with Gasteiger partial charge >= 0.3 is 0 Å². The molecule has 5 nitrogen and oxygen atoms in total. The largest absolute Gasteiger partial charge is 0.355 e. The summed E-state index contributed by atoms with van der Waals surface area (Å²) in [5, 5.41) is 12.3. The van der Waals surface area contributed by atoms with Gasteiger partial charge in [-0.3, -0.25) is 4.79 Å². The summed E-state index contributed by atoms with van der Waals surface area (Å²) in [4.78, 5) is 12.1. The topological polar surface area (TPSA) is 59.8 Å². The molecular formula is C16H20N4OS. The number of carbonyl (C=O) groups excluding carboxylic acids is 1. The van der Waals surface area contributed by atoms with E-state index in [1.165, 1.54) is 17.3 Å². The number of thioether (sulfide) groups is 1. The van der Waals surface area contributed by atoms with E-state index in [4.69, 9.17) is 0 Å². The summed E-state index contributed by atoms with van der Waals surface area (Å²) in [6.07, 6.45) is 3.01. The normalized spacial score (nSPS) is 18.8. The average molecular weight is 316 g/mol. The Morgan fingerprint density at radius 3 is 3.00 bits per heavy atom. The van der Waals surface area contributed by atoms with Crippen molar-refractivity contribution in [1.82, 2.24) is 20.1 Å². The molecule has 0 spiro atoms. The van der Waals surface area contributed by atoms with E-state index in [0.717, 1.165) is 42.4 Å². The number of aryl methyl sites for hydroxylation is 1. The lowest BCUT2D eigenvalue weighted by Crippen LogP contribution is -2.30. The van der Waals surface area contributed by atoms with Crippen LogP contribution >= 0.6 is 11.8 Å². The lowest BCUT2D eigenvalue weighted by Gasteiger charge is -2.12. The van der Waals surface area contributed by atoms with Crippen molar-refractivity contribution in [1.29, 1.82) is 0 Å². The van der Waals surface area contributed by atoms with Crippen LogP contribution in [-0.2, 0) is 11.8 Å². The molecule has 1 aromatic carbocycles. The molecule has 1 atom stereocenters. The summed E-state index contributed by atoms with van der Waals surface area (Å²) in [6, 6.07) is 8.21. The van der Waals surface area contributed by atoms with Crippen LogP contribution in [0.4, 0.5) is 0 Å². The summed E-state index contributed by atoms with van der Waals surface area (Å²) in [7, 11) is 1.95. The minimum absolute atomic E-state index is 0.0734. The lowest BCUT2D eigenvalue weighted by atomic mass is 10.1. The van der Waals surface area contributed by atoms with Crippen LogP contribution in [0, 0.1) is 6.92 Å². The highest BCUT2D eigenvalue weighted by Gasteiger charge is 2.24. The van der Waals surface area contributed by atoms with Gasteiger partial charge in [0.1, 0.15) is 0 Å². The maximum Gasteiger partial charge on any atom is 0.233 e. The predicted molar refractivity (Wildman–Crippen MR) is 87.7 cm³/mol. The van der Waals surface area contributed by atoms with Gasteiger partial charge in [-0.1, -0.05) is 41.9 Å². The van der Waals surface area contributed by atoms with E-state index < -0.39 is 0 Å². The fraction of sp³-hybridized carbons (Fsp3) is 0.438. The minimum atomic E-state index is -0.0734. The summed E-state index contributed by atoms with van der Waals surface area (Å²) in [5.74, 6) is 0.947. The van der Waals surface area contributed by atoms with Crippen LogP contribution in [0.2, 0.25) is 0 Å². The van der Waals surface area contributed by atoms with E-state index >= 15 is 0 Å². The standard InChI is InChI=1S/C16H20N4OS/c1-11-6-5-7-12(10-11)14-18-19-16(20(14)2)22-13-8-3-4-9-17-15(13)21/h5-7,10,13H,3-4,8-9H2,1-2H3,(H,17,21). The molecule has 0 bridgehead atoms. The highest BCUT2D eigenvalue weighted by Crippen LogP contribution is 2.29. The lowest BCUT2D eigenvalue weighted by molar-refractivity contribution is -0.120. The zero-order valence-electron chi connectivity index (χ0n) is 12.9. The SMILES string of the molecule is Cc1cccc(-c2nnc(SC3CCCCNC3=O)n2C)c1. The Balaban J connectivity index is 1.82. The van der Waals surface area contributed by atoms with E-state index in [0.29, 0.717) is 0 Å². The Kier molecular flexibility index (Phi) is 4.47. The number of aromatic nitrogens is 3. The van der Waals surface area contributed by atoms with Crippen molar-refractivity contribution < 1.29 is 4.79 Å². The summed E-state index contributed by atoms with van der Waals surface area (Å²) in [6.45, 7) is 2.84. The van der Waals surface area contributed by atoms with Crippen molar-refractivity contribution >= 4 is 17.7 Å². The zero-order chi connectivity index (χ0) is 15.5. The molecule has 22 heavy (non-hydrogen) atoms. The molecule has 1 saturated heterocycles. The molecule has 1 amide bonds. The second-order valence-corrected chi connectivity index (χ2v) is 6.80. The molecule has 2 aromatic rings. The quantitative estimate of drug-likeness (QED) is 0.945. The maximum absolute atomic E-state index is 12.1. The Bertz CT molecular complexity index is 683. The predicted octanol–water partition coefficient (Wildman–Crippen LogP) is 2.55. The van der Waals surface area contributed by atoms with Gasteiger partial charge in [0.15, 0.2) is 11.0 Å². The van der Waals surface area contributed by atoms with Crippen molar-refractivity contribution in [2.24, 2.45) is 7.05 Å². The zero-order valence-corrected chi connectivity index (χ0v) is 13.7. The number of rotatable bonds is 3. The smallest absolute Gasteiger partial charge is 0.233 e. The molecule has 1 aromatic heterocycles. The van der Waals surface area contributed by atoms with Crippen molar-refractivity contribution in [2.75, 3.05) is 6.54 Å². The molecule has 6 heteroatoms. The van der Waals surface area contributed by atoms with E-state index in [9.17, 15) is 4.79 Å². The molecule has 3 rings (SSSR count). The van der Waals surface area contributed by atoms with Gasteiger partial charge in [-0.05, 0) is 25.8 Å². The first-order chi connectivity index (χ1) is 10.6. The van der Waals surface area contributed by atoms with Crippen LogP contribution in [-0.4, -0.2) is 32.5 Å². The highest BCUT2D eigenvalue weighted by molar-refractivity contribution is 8.00. The van der Waals surface area contributed by atoms with Crippen LogP contribution in [0.1, 0.15) is 24.8 Å². The van der Waals surface area contributed by atoms with Gasteiger partial charge in [0.25, 0.3) is 0 Å². The van der Waals surface area contributed by atoms with Crippen LogP contribution in [0.25, 0.3) is 11.4 Å². The van der Waals surface area contributed by atoms with Crippen LogP contribution in [0.5, 0.6) is 0 Å². The van der Waals surface area contributed by atoms with Crippen molar-refractivity contribution in [3.05, 3.63) is 29.8 Å². The van der Waals surface area contributed by atoms with Gasteiger partial charge in [-0.25, -0.2) is 0 Å². The summed E-state index contributed by atoms with van der Waals surface area (Å²) >= 11 is 1.51. The second kappa shape index (κ2) is 6.52. The number of benzene rings is 1. The van der Waals surface area contributed by atoms with Crippen molar-refractivity contribution in [3.8, 4) is 11.4 Å². The molecular weight excluding hydrogens is 296 g/mol. The molecule has 1 N–H and O–H groups in total. The third kappa shape index (κ3) is 3.16. The molecule has 116 valence electrons. The van der Waals surface area contributed by atoms with Crippen molar-refractivity contribution in [2.45, 2.75) is 36.6 Å². The van der Waals surface area contributed by atoms with Crippen molar-refractivity contribution in [3.63, 3.8) is 0 Å². The Labute approximate surface area is 134 Å². The fourth-order valence-corrected chi connectivity index (χ4v) is 3.67. The maximum atomic E-state index is 12.1. The molecule has 1 fully saturated rings. The number of hydrogen-bond acceptors (Lipinski definition) is 4. The number of hydrogen-bond donors (Lipinski definition) is 1. The van der Waals surface area contributed by atoms with Crippen LogP contribution in [0.15, 0.2) is 29.4 Å².